The largest absolute Gasteiger partial charge is 0.479 e. The van der Waals surface area contributed by atoms with Crippen molar-refractivity contribution in [1.29, 1.82) is 0 Å². The molecule has 0 saturated carbocycles. The first kappa shape index (κ1) is 17.3. The van der Waals surface area contributed by atoms with Crippen molar-refractivity contribution in [3.8, 4) is 5.75 Å². The number of hydrogen-bond donors (Lipinski definition) is 2. The Morgan fingerprint density at radius 2 is 2.08 bits per heavy atom. The number of benzene rings is 1. The van der Waals surface area contributed by atoms with Crippen molar-refractivity contribution in [2.45, 2.75) is 45.2 Å². The molecule has 1 atom stereocenters. The Morgan fingerprint density at radius 1 is 1.36 bits per heavy atom. The standard InChI is InChI=1S/C16H20N4O4S/c1-5-20-10(3)15(9(2)18-20)19-25(22,23)12-6-7-14-13(8-12)17-16(21)11(4)24-14/h6-8,11,19H,5H2,1-4H3,(H,17,21). The molecular weight excluding hydrogens is 344 g/mol. The van der Waals surface area contributed by atoms with Crippen LogP contribution in [0.2, 0.25) is 0 Å². The number of nitrogens with zero attached hydrogens (tertiary/aromatic N) is 2. The first-order valence-corrected chi connectivity index (χ1v) is 9.39. The van der Waals surface area contributed by atoms with Gasteiger partial charge in [0.1, 0.15) is 5.75 Å². The van der Waals surface area contributed by atoms with Crippen molar-refractivity contribution in [2.24, 2.45) is 0 Å². The third-order valence-electron chi connectivity index (χ3n) is 4.11. The van der Waals surface area contributed by atoms with Crippen molar-refractivity contribution in [3.05, 3.63) is 29.6 Å². The van der Waals surface area contributed by atoms with E-state index in [4.69, 9.17) is 4.74 Å². The van der Waals surface area contributed by atoms with Gasteiger partial charge >= 0.3 is 0 Å². The minimum Gasteiger partial charge on any atom is -0.479 e. The lowest BCUT2D eigenvalue weighted by Gasteiger charge is -2.23. The fourth-order valence-electron chi connectivity index (χ4n) is 2.70. The summed E-state index contributed by atoms with van der Waals surface area (Å²) in [6.07, 6.45) is -0.613. The number of aryl methyl sites for hydroxylation is 2. The third kappa shape index (κ3) is 3.07. The average molecular weight is 364 g/mol. The first-order valence-electron chi connectivity index (χ1n) is 7.91. The van der Waals surface area contributed by atoms with Crippen LogP contribution < -0.4 is 14.8 Å². The van der Waals surface area contributed by atoms with Crippen LogP contribution in [0.3, 0.4) is 0 Å². The summed E-state index contributed by atoms with van der Waals surface area (Å²) in [4.78, 5) is 11.8. The Bertz CT molecular complexity index is 949. The van der Waals surface area contributed by atoms with E-state index in [0.29, 0.717) is 29.4 Å². The van der Waals surface area contributed by atoms with Gasteiger partial charge in [0, 0.05) is 6.54 Å². The summed E-state index contributed by atoms with van der Waals surface area (Å²) >= 11 is 0. The van der Waals surface area contributed by atoms with E-state index in [1.54, 1.807) is 18.5 Å². The van der Waals surface area contributed by atoms with Gasteiger partial charge < -0.3 is 10.1 Å². The highest BCUT2D eigenvalue weighted by atomic mass is 32.2. The molecule has 0 spiro atoms. The van der Waals surface area contributed by atoms with Gasteiger partial charge in [-0.1, -0.05) is 0 Å². The predicted molar refractivity (Wildman–Crippen MR) is 93.3 cm³/mol. The van der Waals surface area contributed by atoms with Crippen LogP contribution >= 0.6 is 0 Å². The van der Waals surface area contributed by atoms with Crippen LogP contribution in [0.5, 0.6) is 5.75 Å². The number of amides is 1. The summed E-state index contributed by atoms with van der Waals surface area (Å²) in [7, 11) is -3.83. The highest BCUT2D eigenvalue weighted by molar-refractivity contribution is 7.92. The quantitative estimate of drug-likeness (QED) is 0.864. The summed E-state index contributed by atoms with van der Waals surface area (Å²) in [5.41, 5.74) is 2.15. The Balaban J connectivity index is 1.95. The highest BCUT2D eigenvalue weighted by Gasteiger charge is 2.26. The van der Waals surface area contributed by atoms with Gasteiger partial charge in [-0.25, -0.2) is 8.42 Å². The summed E-state index contributed by atoms with van der Waals surface area (Å²) in [5.74, 6) is 0.128. The zero-order valence-electron chi connectivity index (χ0n) is 14.5. The number of fused-ring (bicyclic) bond motifs is 1. The second-order valence-electron chi connectivity index (χ2n) is 5.87. The number of aromatic nitrogens is 2. The lowest BCUT2D eigenvalue weighted by Crippen LogP contribution is -2.34. The molecule has 1 unspecified atom stereocenters. The van der Waals surface area contributed by atoms with Crippen molar-refractivity contribution in [2.75, 3.05) is 10.0 Å². The topological polar surface area (TPSA) is 102 Å². The van der Waals surface area contributed by atoms with E-state index in [-0.39, 0.29) is 10.8 Å². The molecule has 2 aromatic rings. The zero-order chi connectivity index (χ0) is 18.4. The number of rotatable bonds is 4. The molecule has 1 amide bonds. The van der Waals surface area contributed by atoms with E-state index < -0.39 is 16.1 Å². The monoisotopic (exact) mass is 364 g/mol. The van der Waals surface area contributed by atoms with Crippen LogP contribution in [-0.4, -0.2) is 30.2 Å². The number of hydrogen-bond acceptors (Lipinski definition) is 5. The number of ether oxygens (including phenoxy) is 1. The minimum absolute atomic E-state index is 0.0350. The highest BCUT2D eigenvalue weighted by Crippen LogP contribution is 2.33. The second kappa shape index (κ2) is 6.07. The molecule has 0 radical (unpaired) electrons. The molecule has 8 nitrogen and oxygen atoms in total. The number of anilines is 2. The molecule has 1 aromatic carbocycles. The van der Waals surface area contributed by atoms with Crippen molar-refractivity contribution >= 4 is 27.3 Å². The molecule has 9 heteroatoms. The molecule has 25 heavy (non-hydrogen) atoms. The first-order chi connectivity index (χ1) is 11.7. The van der Waals surface area contributed by atoms with E-state index in [1.807, 2.05) is 13.8 Å². The van der Waals surface area contributed by atoms with Gasteiger partial charge in [-0.2, -0.15) is 5.10 Å². The molecule has 1 aliphatic heterocycles. The molecule has 0 bridgehead atoms. The molecule has 134 valence electrons. The number of nitrogens with one attached hydrogen (secondary N) is 2. The average Bonchev–Trinajstić information content (AvgIpc) is 2.82. The number of sulfonamides is 1. The Morgan fingerprint density at radius 3 is 2.72 bits per heavy atom. The summed E-state index contributed by atoms with van der Waals surface area (Å²) in [6, 6.07) is 4.37. The van der Waals surface area contributed by atoms with Gasteiger partial charge in [-0.3, -0.25) is 14.2 Å². The summed E-state index contributed by atoms with van der Waals surface area (Å²) in [6.45, 7) is 7.77. The van der Waals surface area contributed by atoms with Gasteiger partial charge in [0.2, 0.25) is 0 Å². The van der Waals surface area contributed by atoms with Gasteiger partial charge in [0.05, 0.1) is 27.7 Å². The number of carbonyl (C=O) groups is 1. The van der Waals surface area contributed by atoms with Crippen LogP contribution in [0.1, 0.15) is 25.2 Å². The van der Waals surface area contributed by atoms with Crippen molar-refractivity contribution in [3.63, 3.8) is 0 Å². The van der Waals surface area contributed by atoms with E-state index in [1.165, 1.54) is 18.2 Å². The number of carbonyl (C=O) groups excluding carboxylic acids is 1. The Hall–Kier alpha value is -2.55. The lowest BCUT2D eigenvalue weighted by atomic mass is 10.2. The molecule has 0 saturated heterocycles. The van der Waals surface area contributed by atoms with Crippen LogP contribution in [0, 0.1) is 13.8 Å². The normalized spacial score (nSPS) is 16.8. The molecule has 1 aromatic heterocycles. The molecule has 2 heterocycles. The van der Waals surface area contributed by atoms with Gasteiger partial charge in [-0.05, 0) is 45.9 Å². The van der Waals surface area contributed by atoms with E-state index in [2.05, 4.69) is 15.1 Å². The van der Waals surface area contributed by atoms with Gasteiger partial charge in [0.15, 0.2) is 6.10 Å². The molecule has 2 N–H and O–H groups in total. The molecule has 0 aliphatic carbocycles. The summed E-state index contributed by atoms with van der Waals surface area (Å²) < 4.78 is 35.2. The smallest absolute Gasteiger partial charge is 0.265 e. The fourth-order valence-corrected chi connectivity index (χ4v) is 3.90. The maximum Gasteiger partial charge on any atom is 0.265 e. The van der Waals surface area contributed by atoms with E-state index in [9.17, 15) is 13.2 Å². The van der Waals surface area contributed by atoms with E-state index >= 15 is 0 Å². The van der Waals surface area contributed by atoms with Crippen molar-refractivity contribution < 1.29 is 17.9 Å². The molecular formula is C16H20N4O4S. The minimum atomic E-state index is -3.83. The SMILES string of the molecule is CCn1nc(C)c(NS(=O)(=O)c2ccc3c(c2)NC(=O)C(C)O3)c1C. The van der Waals surface area contributed by atoms with Crippen LogP contribution in [0.15, 0.2) is 23.1 Å². The molecule has 1 aliphatic rings. The van der Waals surface area contributed by atoms with Crippen LogP contribution in [-0.2, 0) is 21.4 Å². The van der Waals surface area contributed by atoms with E-state index in [0.717, 1.165) is 5.69 Å². The van der Waals surface area contributed by atoms with Gasteiger partial charge in [0.25, 0.3) is 15.9 Å². The zero-order valence-corrected chi connectivity index (χ0v) is 15.3. The third-order valence-corrected chi connectivity index (χ3v) is 5.46. The molecule has 0 fully saturated rings. The van der Waals surface area contributed by atoms with Crippen molar-refractivity contribution in [1.82, 2.24) is 9.78 Å². The maximum atomic E-state index is 12.7. The second-order valence-corrected chi connectivity index (χ2v) is 7.56. The fraction of sp³-hybridized carbons (Fsp3) is 0.375. The van der Waals surface area contributed by atoms with Crippen LogP contribution in [0.25, 0.3) is 0 Å². The lowest BCUT2D eigenvalue weighted by molar-refractivity contribution is -0.122. The van der Waals surface area contributed by atoms with Crippen LogP contribution in [0.4, 0.5) is 11.4 Å². The Kier molecular flexibility index (Phi) is 4.19. The summed E-state index contributed by atoms with van der Waals surface area (Å²) in [5, 5.41) is 6.96. The van der Waals surface area contributed by atoms with Gasteiger partial charge in [-0.15, -0.1) is 0 Å². The Labute approximate surface area is 146 Å². The molecule has 3 rings (SSSR count). The predicted octanol–water partition coefficient (Wildman–Crippen LogP) is 2.04. The maximum absolute atomic E-state index is 12.7.